The van der Waals surface area contributed by atoms with E-state index in [2.05, 4.69) is 4.98 Å². The van der Waals surface area contributed by atoms with Gasteiger partial charge in [-0.1, -0.05) is 56.3 Å². The fourth-order valence-corrected chi connectivity index (χ4v) is 2.67. The number of nitrogens with zero attached hydrogens (tertiary/aromatic N) is 2. The summed E-state index contributed by atoms with van der Waals surface area (Å²) >= 11 is 0. The summed E-state index contributed by atoms with van der Waals surface area (Å²) in [6.07, 6.45) is 3.73. The van der Waals surface area contributed by atoms with Crippen molar-refractivity contribution in [2.45, 2.75) is 19.8 Å². The molecule has 0 aliphatic rings. The molecule has 3 rings (SSSR count). The van der Waals surface area contributed by atoms with Crippen molar-refractivity contribution in [2.24, 2.45) is 0 Å². The highest BCUT2D eigenvalue weighted by Gasteiger charge is 2.16. The summed E-state index contributed by atoms with van der Waals surface area (Å²) in [6, 6.07) is 17.2. The summed E-state index contributed by atoms with van der Waals surface area (Å²) in [5.41, 5.74) is 3.46. The maximum Gasteiger partial charge on any atom is 0.273 e. The zero-order valence-electron chi connectivity index (χ0n) is 13.6. The fraction of sp³-hybridized carbons (Fsp3) is 0.150. The molecule has 4 heteroatoms. The number of benzene rings is 2. The van der Waals surface area contributed by atoms with Crippen LogP contribution in [-0.4, -0.2) is 9.91 Å². The van der Waals surface area contributed by atoms with Crippen molar-refractivity contribution in [2.75, 3.05) is 0 Å². The summed E-state index contributed by atoms with van der Waals surface area (Å²) in [7, 11) is 0. The van der Waals surface area contributed by atoms with Gasteiger partial charge in [-0.05, 0) is 29.7 Å². The maximum absolute atomic E-state index is 11.3. The molecule has 0 fully saturated rings. The van der Waals surface area contributed by atoms with Crippen molar-refractivity contribution in [3.8, 4) is 0 Å². The molecule has 0 bridgehead atoms. The average Bonchev–Trinajstić information content (AvgIpc) is 2.59. The second kappa shape index (κ2) is 6.62. The van der Waals surface area contributed by atoms with Crippen molar-refractivity contribution < 1.29 is 4.92 Å². The third-order valence-corrected chi connectivity index (χ3v) is 3.94. The maximum atomic E-state index is 11.3. The number of hydrogen-bond donors (Lipinski definition) is 0. The third-order valence-electron chi connectivity index (χ3n) is 3.94. The Hall–Kier alpha value is -3.01. The molecule has 0 saturated carbocycles. The predicted octanol–water partition coefficient (Wildman–Crippen LogP) is 5.44. The van der Waals surface area contributed by atoms with Gasteiger partial charge in [0, 0.05) is 17.0 Å². The smallest absolute Gasteiger partial charge is 0.258 e. The van der Waals surface area contributed by atoms with Crippen LogP contribution in [0.5, 0.6) is 0 Å². The molecule has 0 atom stereocenters. The second-order valence-corrected chi connectivity index (χ2v) is 5.99. The highest BCUT2D eigenvalue weighted by atomic mass is 16.6. The summed E-state index contributed by atoms with van der Waals surface area (Å²) in [4.78, 5) is 15.5. The Balaban J connectivity index is 1.93. The van der Waals surface area contributed by atoms with E-state index in [1.807, 2.05) is 74.5 Å². The van der Waals surface area contributed by atoms with Crippen LogP contribution in [0.15, 0.2) is 54.6 Å². The van der Waals surface area contributed by atoms with Crippen LogP contribution in [0.1, 0.15) is 36.6 Å². The Morgan fingerprint density at radius 3 is 2.58 bits per heavy atom. The van der Waals surface area contributed by atoms with E-state index in [1.165, 1.54) is 0 Å². The van der Waals surface area contributed by atoms with Gasteiger partial charge in [0.2, 0.25) is 0 Å². The minimum atomic E-state index is -0.319. The van der Waals surface area contributed by atoms with Crippen molar-refractivity contribution in [1.29, 1.82) is 0 Å². The first kappa shape index (κ1) is 15.9. The third kappa shape index (κ3) is 3.33. The molecule has 120 valence electrons. The first-order valence-electron chi connectivity index (χ1n) is 7.87. The molecular formula is C20H18N2O2. The van der Waals surface area contributed by atoms with E-state index in [9.17, 15) is 10.1 Å². The first-order chi connectivity index (χ1) is 11.5. The molecule has 0 aliphatic carbocycles. The number of nitro groups is 1. The molecule has 4 nitrogen and oxygen atoms in total. The lowest BCUT2D eigenvalue weighted by Gasteiger charge is -2.07. The van der Waals surface area contributed by atoms with Gasteiger partial charge in [-0.3, -0.25) is 10.1 Å². The number of pyridine rings is 1. The molecule has 0 radical (unpaired) electrons. The monoisotopic (exact) mass is 318 g/mol. The molecular weight excluding hydrogens is 300 g/mol. The highest BCUT2D eigenvalue weighted by molar-refractivity contribution is 5.81. The van der Waals surface area contributed by atoms with Gasteiger partial charge in [0.1, 0.15) is 0 Å². The molecule has 0 amide bonds. The van der Waals surface area contributed by atoms with Crippen LogP contribution in [0.4, 0.5) is 5.69 Å². The van der Waals surface area contributed by atoms with Crippen LogP contribution >= 0.6 is 0 Å². The van der Waals surface area contributed by atoms with Gasteiger partial charge in [0.25, 0.3) is 5.69 Å². The van der Waals surface area contributed by atoms with E-state index in [1.54, 1.807) is 6.07 Å². The normalized spacial score (nSPS) is 11.5. The van der Waals surface area contributed by atoms with E-state index in [0.717, 1.165) is 27.7 Å². The van der Waals surface area contributed by atoms with Crippen molar-refractivity contribution in [3.63, 3.8) is 0 Å². The first-order valence-corrected chi connectivity index (χ1v) is 7.87. The minimum Gasteiger partial charge on any atom is -0.258 e. The molecule has 1 heterocycles. The zero-order valence-corrected chi connectivity index (χ0v) is 13.6. The van der Waals surface area contributed by atoms with Gasteiger partial charge in [0.05, 0.1) is 16.1 Å². The topological polar surface area (TPSA) is 56.0 Å². The molecule has 0 spiro atoms. The van der Waals surface area contributed by atoms with Crippen LogP contribution in [0.25, 0.3) is 23.1 Å². The highest BCUT2D eigenvalue weighted by Crippen LogP contribution is 2.28. The predicted molar refractivity (Wildman–Crippen MR) is 97.9 cm³/mol. The Bertz CT molecular complexity index is 930. The minimum absolute atomic E-state index is 0.116. The van der Waals surface area contributed by atoms with Gasteiger partial charge in [-0.15, -0.1) is 0 Å². The van der Waals surface area contributed by atoms with Crippen LogP contribution in [0, 0.1) is 10.1 Å². The van der Waals surface area contributed by atoms with E-state index in [-0.39, 0.29) is 16.5 Å². The summed E-state index contributed by atoms with van der Waals surface area (Å²) in [6.45, 7) is 3.91. The van der Waals surface area contributed by atoms with Gasteiger partial charge < -0.3 is 0 Å². The van der Waals surface area contributed by atoms with Crippen LogP contribution in [0.3, 0.4) is 0 Å². The van der Waals surface area contributed by atoms with Crippen LogP contribution < -0.4 is 0 Å². The number of para-hydroxylation sites is 1. The quantitative estimate of drug-likeness (QED) is 0.475. The molecule has 24 heavy (non-hydrogen) atoms. The van der Waals surface area contributed by atoms with Crippen molar-refractivity contribution in [1.82, 2.24) is 4.98 Å². The lowest BCUT2D eigenvalue weighted by Crippen LogP contribution is -1.97. The molecule has 2 aromatic carbocycles. The number of nitro benzene ring substituents is 1. The average molecular weight is 318 g/mol. The van der Waals surface area contributed by atoms with E-state index >= 15 is 0 Å². The van der Waals surface area contributed by atoms with Gasteiger partial charge in [-0.25, -0.2) is 4.98 Å². The SMILES string of the molecule is CC(C)c1ccc(/C=C/c2ccc3ccccc3n2)cc1[N+](=O)[O-]. The fourth-order valence-electron chi connectivity index (χ4n) is 2.67. The van der Waals surface area contributed by atoms with E-state index in [4.69, 9.17) is 0 Å². The van der Waals surface area contributed by atoms with Gasteiger partial charge in [0.15, 0.2) is 0 Å². The van der Waals surface area contributed by atoms with Gasteiger partial charge in [-0.2, -0.15) is 0 Å². The number of fused-ring (bicyclic) bond motifs is 1. The molecule has 0 N–H and O–H groups in total. The summed E-state index contributed by atoms with van der Waals surface area (Å²) in [5.74, 6) is 0.116. The van der Waals surface area contributed by atoms with Crippen molar-refractivity contribution in [3.05, 3.63) is 81.5 Å². The van der Waals surface area contributed by atoms with E-state index < -0.39 is 0 Å². The number of rotatable bonds is 4. The molecule has 3 aromatic rings. The number of hydrogen-bond acceptors (Lipinski definition) is 3. The Morgan fingerprint density at radius 2 is 1.83 bits per heavy atom. The summed E-state index contributed by atoms with van der Waals surface area (Å²) < 4.78 is 0. The summed E-state index contributed by atoms with van der Waals surface area (Å²) in [5, 5.41) is 12.4. The molecule has 0 aliphatic heterocycles. The van der Waals surface area contributed by atoms with Crippen LogP contribution in [0.2, 0.25) is 0 Å². The van der Waals surface area contributed by atoms with Gasteiger partial charge >= 0.3 is 0 Å². The lowest BCUT2D eigenvalue weighted by atomic mass is 9.99. The molecule has 1 aromatic heterocycles. The molecule has 0 unspecified atom stereocenters. The largest absolute Gasteiger partial charge is 0.273 e. The van der Waals surface area contributed by atoms with E-state index in [0.29, 0.717) is 0 Å². The Labute approximate surface area is 140 Å². The van der Waals surface area contributed by atoms with Crippen molar-refractivity contribution >= 4 is 28.7 Å². The van der Waals surface area contributed by atoms with Crippen LogP contribution in [-0.2, 0) is 0 Å². The number of aromatic nitrogens is 1. The standard InChI is InChI=1S/C20H18N2O2/c1-14(2)18-12-8-15(13-20(18)22(23)24)7-10-17-11-9-16-5-3-4-6-19(16)21-17/h3-14H,1-2H3/b10-7+. The Kier molecular flexibility index (Phi) is 4.38. The molecule has 0 saturated heterocycles. The lowest BCUT2D eigenvalue weighted by molar-refractivity contribution is -0.385. The second-order valence-electron chi connectivity index (χ2n) is 5.99. The zero-order chi connectivity index (χ0) is 17.1. The Morgan fingerprint density at radius 1 is 1.04 bits per heavy atom.